The summed E-state index contributed by atoms with van der Waals surface area (Å²) in [5.41, 5.74) is 4.39. The number of alkyl carbamates (subject to hydrolysis) is 1. The molecule has 0 unspecified atom stereocenters. The summed E-state index contributed by atoms with van der Waals surface area (Å²) in [6.45, 7) is 7.90. The van der Waals surface area contributed by atoms with Gasteiger partial charge in [0, 0.05) is 12.5 Å². The van der Waals surface area contributed by atoms with E-state index in [1.807, 2.05) is 52.0 Å². The lowest BCUT2D eigenvalue weighted by Gasteiger charge is -2.32. The fourth-order valence-electron chi connectivity index (χ4n) is 5.29. The largest absolute Gasteiger partial charge is 0.586 e. The molecule has 3 aromatic rings. The van der Waals surface area contributed by atoms with Crippen LogP contribution in [0.25, 0.3) is 17.2 Å². The first kappa shape index (κ1) is 27.3. The minimum atomic E-state index is -3.72. The van der Waals surface area contributed by atoms with Crippen LogP contribution in [0.4, 0.5) is 13.6 Å². The van der Waals surface area contributed by atoms with Crippen LogP contribution >= 0.6 is 0 Å². The highest BCUT2D eigenvalue weighted by Crippen LogP contribution is 2.45. The summed E-state index contributed by atoms with van der Waals surface area (Å²) in [7, 11) is -0.791. The average Bonchev–Trinajstić information content (AvgIpc) is 3.48. The van der Waals surface area contributed by atoms with Gasteiger partial charge in [-0.25, -0.2) is 4.79 Å². The van der Waals surface area contributed by atoms with Gasteiger partial charge in [0.25, 0.3) is 0 Å². The van der Waals surface area contributed by atoms with Gasteiger partial charge in [0.1, 0.15) is 6.61 Å². The molecular formula is C31H30BF2NO6. The molecule has 3 aliphatic rings. The van der Waals surface area contributed by atoms with Crippen LogP contribution in [0.3, 0.4) is 0 Å². The summed E-state index contributed by atoms with van der Waals surface area (Å²) in [6.07, 6.45) is -2.60. The molecule has 7 nitrogen and oxygen atoms in total. The number of amides is 1. The molecule has 2 aliphatic heterocycles. The van der Waals surface area contributed by atoms with Crippen LogP contribution in [0.5, 0.6) is 11.5 Å². The number of benzene rings is 3. The van der Waals surface area contributed by atoms with Crippen LogP contribution in [0.15, 0.2) is 72.2 Å². The summed E-state index contributed by atoms with van der Waals surface area (Å²) in [5.74, 6) is -0.208. The molecule has 0 spiro atoms. The van der Waals surface area contributed by atoms with Gasteiger partial charge in [-0.2, -0.15) is 0 Å². The Morgan fingerprint density at radius 1 is 0.902 bits per heavy atom. The molecule has 1 N–H and O–H groups in total. The monoisotopic (exact) mass is 561 g/mol. The Morgan fingerprint density at radius 3 is 2.12 bits per heavy atom. The van der Waals surface area contributed by atoms with E-state index in [1.165, 1.54) is 12.1 Å². The third-order valence-electron chi connectivity index (χ3n) is 8.11. The van der Waals surface area contributed by atoms with Crippen molar-refractivity contribution in [3.63, 3.8) is 0 Å². The SMILES string of the molecule is CC1(C)OB(C(=Cc2ccc3c(c2)OC(F)(F)O3)CNC(=O)OCC2c3ccccc3-c3ccccc32)OC1(C)C. The number of nitrogens with one attached hydrogen (secondary N) is 1. The number of carbonyl (C=O) groups is 1. The molecule has 0 radical (unpaired) electrons. The second-order valence-corrected chi connectivity index (χ2v) is 11.4. The lowest BCUT2D eigenvalue weighted by atomic mass is 9.77. The lowest BCUT2D eigenvalue weighted by molar-refractivity contribution is -0.286. The summed E-state index contributed by atoms with van der Waals surface area (Å²) in [4.78, 5) is 12.9. The standard InChI is InChI=1S/C31H30BF2NO6/c1-29(2)30(3,4)41-32(40-29)20(15-19-13-14-26-27(16-19)39-31(33,34)38-26)17-35-28(36)37-18-25-23-11-7-5-9-21(23)22-10-6-8-12-24(22)25/h5-16,25H,17-18H2,1-4H3,(H,35,36). The zero-order chi connectivity index (χ0) is 29.0. The molecule has 1 aliphatic carbocycles. The Kier molecular flexibility index (Phi) is 6.58. The molecule has 41 heavy (non-hydrogen) atoms. The lowest BCUT2D eigenvalue weighted by Crippen LogP contribution is -2.41. The van der Waals surface area contributed by atoms with E-state index in [0.29, 0.717) is 11.0 Å². The highest BCUT2D eigenvalue weighted by atomic mass is 19.3. The number of ether oxygens (including phenoxy) is 3. The molecule has 0 atom stereocenters. The highest BCUT2D eigenvalue weighted by molar-refractivity contribution is 6.56. The quantitative estimate of drug-likeness (QED) is 0.344. The maximum atomic E-state index is 13.5. The van der Waals surface area contributed by atoms with Crippen LogP contribution in [0, 0.1) is 0 Å². The van der Waals surface area contributed by atoms with E-state index in [2.05, 4.69) is 39.1 Å². The summed E-state index contributed by atoms with van der Waals surface area (Å²) in [5, 5.41) is 2.81. The van der Waals surface area contributed by atoms with E-state index in [0.717, 1.165) is 22.3 Å². The van der Waals surface area contributed by atoms with Gasteiger partial charge in [0.15, 0.2) is 11.5 Å². The van der Waals surface area contributed by atoms with Crippen LogP contribution in [0.2, 0.25) is 0 Å². The number of hydrogen-bond acceptors (Lipinski definition) is 6. The van der Waals surface area contributed by atoms with Crippen LogP contribution in [-0.2, 0) is 14.0 Å². The maximum absolute atomic E-state index is 13.5. The van der Waals surface area contributed by atoms with Gasteiger partial charge in [0.05, 0.1) is 11.2 Å². The van der Waals surface area contributed by atoms with Gasteiger partial charge < -0.3 is 28.8 Å². The van der Waals surface area contributed by atoms with E-state index < -0.39 is 30.7 Å². The van der Waals surface area contributed by atoms with Crippen molar-refractivity contribution in [1.82, 2.24) is 5.32 Å². The van der Waals surface area contributed by atoms with E-state index in [-0.39, 0.29) is 30.6 Å². The Balaban J connectivity index is 1.18. The average molecular weight is 561 g/mol. The normalized spacial score (nSPS) is 19.6. The van der Waals surface area contributed by atoms with Gasteiger partial charge in [-0.05, 0) is 73.1 Å². The minimum absolute atomic E-state index is 0.0398. The molecule has 0 aromatic heterocycles. The smallest absolute Gasteiger partial charge is 0.449 e. The Bertz CT molecular complexity index is 1480. The molecule has 1 amide bonds. The zero-order valence-electron chi connectivity index (χ0n) is 23.2. The fourth-order valence-corrected chi connectivity index (χ4v) is 5.29. The first-order valence-electron chi connectivity index (χ1n) is 13.5. The number of hydrogen-bond donors (Lipinski definition) is 1. The van der Waals surface area contributed by atoms with E-state index in [9.17, 15) is 13.6 Å². The predicted molar refractivity (Wildman–Crippen MR) is 150 cm³/mol. The zero-order valence-corrected chi connectivity index (χ0v) is 23.2. The van der Waals surface area contributed by atoms with Crippen molar-refractivity contribution in [3.05, 3.63) is 88.9 Å². The molecule has 1 fully saturated rings. The second kappa shape index (κ2) is 9.89. The Morgan fingerprint density at radius 2 is 1.49 bits per heavy atom. The van der Waals surface area contributed by atoms with E-state index in [4.69, 9.17) is 14.0 Å². The Labute approximate surface area is 237 Å². The van der Waals surface area contributed by atoms with Crippen molar-refractivity contribution in [2.24, 2.45) is 0 Å². The van der Waals surface area contributed by atoms with Crippen molar-refractivity contribution >= 4 is 19.3 Å². The van der Waals surface area contributed by atoms with E-state index >= 15 is 0 Å². The van der Waals surface area contributed by atoms with Gasteiger partial charge in [-0.1, -0.05) is 60.7 Å². The number of carbonyl (C=O) groups excluding carboxylic acids is 1. The third kappa shape index (κ3) is 5.18. The Hall–Kier alpha value is -3.89. The molecule has 1 saturated heterocycles. The van der Waals surface area contributed by atoms with Gasteiger partial charge in [0.2, 0.25) is 0 Å². The van der Waals surface area contributed by atoms with Crippen molar-refractivity contribution in [1.29, 1.82) is 0 Å². The number of fused-ring (bicyclic) bond motifs is 4. The van der Waals surface area contributed by atoms with Crippen molar-refractivity contribution in [2.75, 3.05) is 13.2 Å². The number of alkyl halides is 2. The topological polar surface area (TPSA) is 75.2 Å². The second-order valence-electron chi connectivity index (χ2n) is 11.4. The molecule has 6 rings (SSSR count). The van der Waals surface area contributed by atoms with Crippen molar-refractivity contribution in [2.45, 2.75) is 51.1 Å². The molecular weight excluding hydrogens is 531 g/mol. The molecule has 3 aromatic carbocycles. The number of rotatable bonds is 6. The highest BCUT2D eigenvalue weighted by Gasteiger charge is 2.52. The fraction of sp³-hybridized carbons (Fsp3) is 0.323. The summed E-state index contributed by atoms with van der Waals surface area (Å²) in [6, 6.07) is 20.7. The minimum Gasteiger partial charge on any atom is -0.449 e. The van der Waals surface area contributed by atoms with E-state index in [1.54, 1.807) is 12.1 Å². The van der Waals surface area contributed by atoms with Crippen LogP contribution < -0.4 is 14.8 Å². The molecule has 0 bridgehead atoms. The first-order valence-corrected chi connectivity index (χ1v) is 13.5. The summed E-state index contributed by atoms with van der Waals surface area (Å²) < 4.78 is 54.3. The number of halogens is 2. The predicted octanol–water partition coefficient (Wildman–Crippen LogP) is 6.56. The van der Waals surface area contributed by atoms with Crippen LogP contribution in [0.1, 0.15) is 50.3 Å². The molecule has 10 heteroatoms. The van der Waals surface area contributed by atoms with Crippen molar-refractivity contribution in [3.8, 4) is 22.6 Å². The maximum Gasteiger partial charge on any atom is 0.586 e. The van der Waals surface area contributed by atoms with Gasteiger partial charge in [-0.3, -0.25) is 0 Å². The molecule has 2 heterocycles. The molecule has 0 saturated carbocycles. The first-order chi connectivity index (χ1) is 19.4. The van der Waals surface area contributed by atoms with Crippen LogP contribution in [-0.4, -0.2) is 43.9 Å². The third-order valence-corrected chi connectivity index (χ3v) is 8.11. The van der Waals surface area contributed by atoms with Crippen molar-refractivity contribution < 1.29 is 37.1 Å². The van der Waals surface area contributed by atoms with Gasteiger partial charge >= 0.3 is 19.5 Å². The molecule has 212 valence electrons. The van der Waals surface area contributed by atoms with Gasteiger partial charge in [-0.15, -0.1) is 8.78 Å². The summed E-state index contributed by atoms with van der Waals surface area (Å²) >= 11 is 0.